The summed E-state index contributed by atoms with van der Waals surface area (Å²) in [6, 6.07) is 1.78. The summed E-state index contributed by atoms with van der Waals surface area (Å²) in [4.78, 5) is 3.62. The number of nitrogens with two attached hydrogens (primary N) is 1. The van der Waals surface area contributed by atoms with Gasteiger partial charge in [0, 0.05) is 6.07 Å². The van der Waals surface area contributed by atoms with Crippen LogP contribution in [0.2, 0.25) is 0 Å². The number of halogens is 2. The van der Waals surface area contributed by atoms with Crippen LogP contribution in [0.5, 0.6) is 0 Å². The Balaban J connectivity index is 2.60. The first-order valence-electron chi connectivity index (χ1n) is 3.70. The second-order valence-electron chi connectivity index (χ2n) is 2.60. The Bertz CT molecular complexity index is 456. The van der Waals surface area contributed by atoms with Crippen LogP contribution < -0.4 is 5.73 Å². The molecule has 4 nitrogen and oxygen atoms in total. The maximum absolute atomic E-state index is 13.2. The van der Waals surface area contributed by atoms with Gasteiger partial charge in [-0.2, -0.15) is 4.98 Å². The van der Waals surface area contributed by atoms with Gasteiger partial charge in [-0.25, -0.2) is 8.78 Å². The highest BCUT2D eigenvalue weighted by Gasteiger charge is 2.13. The van der Waals surface area contributed by atoms with Crippen molar-refractivity contribution in [3.8, 4) is 11.5 Å². The lowest BCUT2D eigenvalue weighted by atomic mass is 10.2. The van der Waals surface area contributed by atoms with Crippen molar-refractivity contribution in [3.05, 3.63) is 30.1 Å². The van der Waals surface area contributed by atoms with E-state index in [2.05, 4.69) is 14.7 Å². The molecule has 0 aliphatic rings. The Morgan fingerprint density at radius 1 is 1.21 bits per heavy atom. The maximum atomic E-state index is 13.2. The zero-order chi connectivity index (χ0) is 10.1. The van der Waals surface area contributed by atoms with Crippen LogP contribution in [0.15, 0.2) is 23.0 Å². The number of nitrogens with zero attached hydrogens (tertiary/aromatic N) is 2. The molecular formula is C8H5F2N3O. The number of nitrogen functional groups attached to an aromatic ring is 1. The fourth-order valence-electron chi connectivity index (χ4n) is 1.02. The molecule has 0 atom stereocenters. The van der Waals surface area contributed by atoms with Gasteiger partial charge in [-0.15, -0.1) is 0 Å². The minimum atomic E-state index is -0.814. The molecule has 0 spiro atoms. The van der Waals surface area contributed by atoms with Gasteiger partial charge in [0.05, 0.1) is 11.3 Å². The third-order valence-electron chi connectivity index (χ3n) is 1.68. The fourth-order valence-corrected chi connectivity index (χ4v) is 1.02. The summed E-state index contributed by atoms with van der Waals surface area (Å²) in [7, 11) is 0. The van der Waals surface area contributed by atoms with E-state index < -0.39 is 11.6 Å². The zero-order valence-corrected chi connectivity index (χ0v) is 6.87. The topological polar surface area (TPSA) is 64.9 Å². The summed E-state index contributed by atoms with van der Waals surface area (Å²) >= 11 is 0. The molecule has 0 aliphatic carbocycles. The average molecular weight is 197 g/mol. The molecule has 2 rings (SSSR count). The summed E-state index contributed by atoms with van der Waals surface area (Å²) in [6.07, 6.45) is 1.12. The van der Waals surface area contributed by atoms with E-state index in [-0.39, 0.29) is 17.1 Å². The normalized spacial score (nSPS) is 10.4. The van der Waals surface area contributed by atoms with E-state index >= 15 is 0 Å². The summed E-state index contributed by atoms with van der Waals surface area (Å²) in [5.74, 6) is -1.64. The first-order chi connectivity index (χ1) is 6.68. The second kappa shape index (κ2) is 3.06. The second-order valence-corrected chi connectivity index (χ2v) is 2.60. The standard InChI is InChI=1S/C8H5F2N3O/c9-5-2-6(10)7(11)1-4(5)8-12-3-13-14-8/h1-3H,11H2. The van der Waals surface area contributed by atoms with Crippen LogP contribution in [0.1, 0.15) is 0 Å². The highest BCUT2D eigenvalue weighted by atomic mass is 19.1. The molecule has 6 heteroatoms. The summed E-state index contributed by atoms with van der Waals surface area (Å²) < 4.78 is 30.6. The molecule has 1 heterocycles. The van der Waals surface area contributed by atoms with E-state index in [0.717, 1.165) is 12.4 Å². The number of rotatable bonds is 1. The van der Waals surface area contributed by atoms with Gasteiger partial charge in [0.15, 0.2) is 6.33 Å². The minimum absolute atomic E-state index is 0.0126. The number of hydrogen-bond donors (Lipinski definition) is 1. The van der Waals surface area contributed by atoms with Crippen molar-refractivity contribution in [2.75, 3.05) is 5.73 Å². The first kappa shape index (κ1) is 8.61. The van der Waals surface area contributed by atoms with Crippen molar-refractivity contribution in [1.82, 2.24) is 10.1 Å². The lowest BCUT2D eigenvalue weighted by Crippen LogP contribution is -1.94. The van der Waals surface area contributed by atoms with Gasteiger partial charge in [-0.1, -0.05) is 5.16 Å². The number of benzene rings is 1. The van der Waals surface area contributed by atoms with Gasteiger partial charge in [0.2, 0.25) is 0 Å². The minimum Gasteiger partial charge on any atom is -0.396 e. The summed E-state index contributed by atoms with van der Waals surface area (Å²) in [6.45, 7) is 0. The van der Waals surface area contributed by atoms with Crippen LogP contribution >= 0.6 is 0 Å². The molecule has 1 aromatic heterocycles. The average Bonchev–Trinajstić information content (AvgIpc) is 2.64. The predicted molar refractivity (Wildman–Crippen MR) is 44.1 cm³/mol. The third-order valence-corrected chi connectivity index (χ3v) is 1.68. The zero-order valence-electron chi connectivity index (χ0n) is 6.87. The molecule has 0 saturated carbocycles. The van der Waals surface area contributed by atoms with Crippen LogP contribution in [0.25, 0.3) is 11.5 Å². The number of aromatic nitrogens is 2. The molecule has 0 amide bonds. The highest BCUT2D eigenvalue weighted by molar-refractivity contribution is 5.60. The van der Waals surface area contributed by atoms with E-state index in [1.165, 1.54) is 0 Å². The van der Waals surface area contributed by atoms with Crippen molar-refractivity contribution in [3.63, 3.8) is 0 Å². The molecule has 1 aromatic carbocycles. The van der Waals surface area contributed by atoms with Gasteiger partial charge in [-0.05, 0) is 6.07 Å². The molecule has 0 saturated heterocycles. The number of hydrogen-bond acceptors (Lipinski definition) is 4. The predicted octanol–water partition coefficient (Wildman–Crippen LogP) is 1.60. The van der Waals surface area contributed by atoms with Crippen LogP contribution in [-0.2, 0) is 0 Å². The first-order valence-corrected chi connectivity index (χ1v) is 3.70. The summed E-state index contributed by atoms with van der Waals surface area (Å²) in [5, 5.41) is 3.30. The Morgan fingerprint density at radius 3 is 2.64 bits per heavy atom. The monoisotopic (exact) mass is 197 g/mol. The van der Waals surface area contributed by atoms with Crippen molar-refractivity contribution in [1.29, 1.82) is 0 Å². The van der Waals surface area contributed by atoms with Crippen molar-refractivity contribution in [2.24, 2.45) is 0 Å². The lowest BCUT2D eigenvalue weighted by molar-refractivity contribution is 0.427. The molecule has 2 aromatic rings. The van der Waals surface area contributed by atoms with Crippen LogP contribution in [0, 0.1) is 11.6 Å². The molecule has 14 heavy (non-hydrogen) atoms. The van der Waals surface area contributed by atoms with E-state index in [4.69, 9.17) is 5.73 Å². The van der Waals surface area contributed by atoms with E-state index in [1.807, 2.05) is 0 Å². The van der Waals surface area contributed by atoms with Gasteiger partial charge in [-0.3, -0.25) is 0 Å². The van der Waals surface area contributed by atoms with Crippen molar-refractivity contribution >= 4 is 5.69 Å². The van der Waals surface area contributed by atoms with E-state index in [1.54, 1.807) is 0 Å². The van der Waals surface area contributed by atoms with Gasteiger partial charge in [0.25, 0.3) is 5.89 Å². The van der Waals surface area contributed by atoms with Crippen LogP contribution in [0.3, 0.4) is 0 Å². The molecule has 0 bridgehead atoms. The molecule has 0 aliphatic heterocycles. The Labute approximate surface area is 77.3 Å². The quantitative estimate of drug-likeness (QED) is 0.705. The highest BCUT2D eigenvalue weighted by Crippen LogP contribution is 2.24. The lowest BCUT2D eigenvalue weighted by Gasteiger charge is -2.00. The number of anilines is 1. The van der Waals surface area contributed by atoms with E-state index in [9.17, 15) is 8.78 Å². The van der Waals surface area contributed by atoms with Gasteiger partial charge in [0.1, 0.15) is 11.6 Å². The smallest absolute Gasteiger partial charge is 0.260 e. The van der Waals surface area contributed by atoms with Gasteiger partial charge >= 0.3 is 0 Å². The van der Waals surface area contributed by atoms with Crippen LogP contribution in [-0.4, -0.2) is 10.1 Å². The van der Waals surface area contributed by atoms with Crippen molar-refractivity contribution < 1.29 is 13.3 Å². The molecule has 0 fully saturated rings. The molecular weight excluding hydrogens is 192 g/mol. The Hall–Kier alpha value is -1.98. The van der Waals surface area contributed by atoms with E-state index in [0.29, 0.717) is 6.07 Å². The molecule has 2 N–H and O–H groups in total. The molecule has 72 valence electrons. The third kappa shape index (κ3) is 1.30. The maximum Gasteiger partial charge on any atom is 0.260 e. The van der Waals surface area contributed by atoms with Crippen LogP contribution in [0.4, 0.5) is 14.5 Å². The SMILES string of the molecule is Nc1cc(-c2ncno2)c(F)cc1F. The largest absolute Gasteiger partial charge is 0.396 e. The fraction of sp³-hybridized carbons (Fsp3) is 0. The van der Waals surface area contributed by atoms with Crippen molar-refractivity contribution in [2.45, 2.75) is 0 Å². The molecule has 0 radical (unpaired) electrons. The molecule has 0 unspecified atom stereocenters. The Morgan fingerprint density at radius 2 is 2.00 bits per heavy atom. The van der Waals surface area contributed by atoms with Gasteiger partial charge < -0.3 is 10.3 Å². The summed E-state index contributed by atoms with van der Waals surface area (Å²) in [5.41, 5.74) is 5.08. The Kier molecular flexibility index (Phi) is 1.88.